The van der Waals surface area contributed by atoms with Crippen molar-refractivity contribution in [1.82, 2.24) is 14.9 Å². The maximum Gasteiger partial charge on any atom is 0.249 e. The van der Waals surface area contributed by atoms with Crippen LogP contribution in [0.25, 0.3) is 11.0 Å². The highest BCUT2D eigenvalue weighted by Crippen LogP contribution is 2.17. The molecular formula is C21H22N4O3. The molecule has 1 atom stereocenters. The zero-order valence-electron chi connectivity index (χ0n) is 15.4. The molecule has 0 spiro atoms. The number of benzene rings is 2. The van der Waals surface area contributed by atoms with Crippen LogP contribution in [0.4, 0.5) is 5.69 Å². The van der Waals surface area contributed by atoms with Crippen molar-refractivity contribution in [3.8, 4) is 0 Å². The zero-order chi connectivity index (χ0) is 19.3. The average molecular weight is 378 g/mol. The summed E-state index contributed by atoms with van der Waals surface area (Å²) in [4.78, 5) is 29.4. The molecule has 1 fully saturated rings. The number of imidazole rings is 1. The molecule has 1 aliphatic rings. The van der Waals surface area contributed by atoms with Crippen molar-refractivity contribution in [3.05, 3.63) is 60.4 Å². The number of aromatic nitrogens is 2. The molecule has 4 rings (SSSR count). The molecule has 1 aliphatic heterocycles. The average Bonchev–Trinajstić information content (AvgIpc) is 3.36. The normalized spacial score (nSPS) is 16.2. The Morgan fingerprint density at radius 1 is 1.11 bits per heavy atom. The van der Waals surface area contributed by atoms with E-state index in [0.717, 1.165) is 29.6 Å². The number of amides is 2. The number of para-hydroxylation sites is 3. The first-order chi connectivity index (χ1) is 13.7. The first-order valence-corrected chi connectivity index (χ1v) is 9.39. The van der Waals surface area contributed by atoms with Gasteiger partial charge in [0.15, 0.2) is 0 Å². The minimum Gasteiger partial charge on any atom is -0.368 e. The predicted molar refractivity (Wildman–Crippen MR) is 106 cm³/mol. The molecular weight excluding hydrogens is 356 g/mol. The van der Waals surface area contributed by atoms with Crippen LogP contribution < -0.4 is 10.6 Å². The Balaban J connectivity index is 1.51. The van der Waals surface area contributed by atoms with Crippen LogP contribution in [0.3, 0.4) is 0 Å². The summed E-state index contributed by atoms with van der Waals surface area (Å²) in [5.74, 6) is 0.349. The summed E-state index contributed by atoms with van der Waals surface area (Å²) in [7, 11) is 0. The third kappa shape index (κ3) is 4.04. The van der Waals surface area contributed by atoms with Crippen molar-refractivity contribution in [1.29, 1.82) is 0 Å². The number of carbonyl (C=O) groups is 2. The molecule has 2 aromatic carbocycles. The van der Waals surface area contributed by atoms with E-state index in [1.54, 1.807) is 0 Å². The van der Waals surface area contributed by atoms with Crippen LogP contribution in [-0.2, 0) is 27.4 Å². The Bertz CT molecular complexity index is 978. The first kappa shape index (κ1) is 18.2. The van der Waals surface area contributed by atoms with Gasteiger partial charge in [0.2, 0.25) is 11.8 Å². The van der Waals surface area contributed by atoms with Crippen LogP contribution in [-0.4, -0.2) is 34.1 Å². The van der Waals surface area contributed by atoms with Crippen LogP contribution in [0, 0.1) is 0 Å². The van der Waals surface area contributed by atoms with E-state index in [0.29, 0.717) is 12.4 Å². The minimum atomic E-state index is -0.390. The van der Waals surface area contributed by atoms with Gasteiger partial charge in [-0.2, -0.15) is 0 Å². The summed E-state index contributed by atoms with van der Waals surface area (Å²) in [5.41, 5.74) is 2.38. The van der Waals surface area contributed by atoms with Gasteiger partial charge in [-0.1, -0.05) is 30.3 Å². The van der Waals surface area contributed by atoms with E-state index in [1.165, 1.54) is 0 Å². The molecule has 0 bridgehead atoms. The maximum atomic E-state index is 12.6. The van der Waals surface area contributed by atoms with Crippen molar-refractivity contribution >= 4 is 28.5 Å². The molecule has 1 saturated heterocycles. The summed E-state index contributed by atoms with van der Waals surface area (Å²) < 4.78 is 7.26. The Morgan fingerprint density at radius 3 is 2.68 bits per heavy atom. The van der Waals surface area contributed by atoms with E-state index in [9.17, 15) is 9.59 Å². The summed E-state index contributed by atoms with van der Waals surface area (Å²) >= 11 is 0. The van der Waals surface area contributed by atoms with Crippen molar-refractivity contribution in [2.75, 3.05) is 11.9 Å². The lowest BCUT2D eigenvalue weighted by Crippen LogP contribution is -2.34. The topological polar surface area (TPSA) is 85.2 Å². The van der Waals surface area contributed by atoms with Gasteiger partial charge in [0, 0.05) is 12.3 Å². The van der Waals surface area contributed by atoms with E-state index in [2.05, 4.69) is 15.6 Å². The number of ether oxygens (including phenoxy) is 1. The smallest absolute Gasteiger partial charge is 0.249 e. The molecule has 0 saturated carbocycles. The fourth-order valence-corrected chi connectivity index (χ4v) is 3.37. The Morgan fingerprint density at radius 2 is 1.89 bits per heavy atom. The lowest BCUT2D eigenvalue weighted by atomic mass is 10.2. The van der Waals surface area contributed by atoms with Gasteiger partial charge >= 0.3 is 0 Å². The van der Waals surface area contributed by atoms with Gasteiger partial charge < -0.3 is 19.9 Å². The van der Waals surface area contributed by atoms with Gasteiger partial charge in [0.1, 0.15) is 18.5 Å². The third-order valence-electron chi connectivity index (χ3n) is 4.74. The highest BCUT2D eigenvalue weighted by Gasteiger charge is 2.24. The molecule has 7 heteroatoms. The van der Waals surface area contributed by atoms with Crippen molar-refractivity contribution in [3.63, 3.8) is 0 Å². The molecule has 0 aliphatic carbocycles. The highest BCUT2D eigenvalue weighted by atomic mass is 16.5. The summed E-state index contributed by atoms with van der Waals surface area (Å²) in [6.07, 6.45) is 1.25. The van der Waals surface area contributed by atoms with Crippen LogP contribution in [0.2, 0.25) is 0 Å². The van der Waals surface area contributed by atoms with Crippen LogP contribution in [0.1, 0.15) is 18.7 Å². The number of rotatable bonds is 6. The first-order valence-electron chi connectivity index (χ1n) is 9.39. The van der Waals surface area contributed by atoms with E-state index < -0.39 is 0 Å². The standard InChI is InChI=1S/C21H22N4O3/c26-20(23-15-7-2-1-3-8-15)14-25-17-10-5-4-9-16(17)24-19(25)13-22-21(27)18-11-6-12-28-18/h1-5,7-10,18H,6,11-14H2,(H,22,27)(H,23,26). The predicted octanol–water partition coefficient (Wildman–Crippen LogP) is 2.47. The van der Waals surface area contributed by atoms with Gasteiger partial charge in [-0.3, -0.25) is 9.59 Å². The summed E-state index contributed by atoms with van der Waals surface area (Å²) in [6.45, 7) is 0.975. The van der Waals surface area contributed by atoms with Crippen LogP contribution in [0.5, 0.6) is 0 Å². The lowest BCUT2D eigenvalue weighted by molar-refractivity contribution is -0.130. The number of anilines is 1. The third-order valence-corrected chi connectivity index (χ3v) is 4.74. The van der Waals surface area contributed by atoms with Gasteiger partial charge in [-0.25, -0.2) is 4.98 Å². The Hall–Kier alpha value is -3.19. The molecule has 1 unspecified atom stereocenters. The highest BCUT2D eigenvalue weighted by molar-refractivity contribution is 5.91. The fraction of sp³-hybridized carbons (Fsp3) is 0.286. The SMILES string of the molecule is O=C(Cn1c(CNC(=O)C2CCCO2)nc2ccccc21)Nc1ccccc1. The van der Waals surface area contributed by atoms with Crippen molar-refractivity contribution in [2.24, 2.45) is 0 Å². The molecule has 144 valence electrons. The van der Waals surface area contributed by atoms with E-state index in [1.807, 2.05) is 59.2 Å². The molecule has 2 heterocycles. The molecule has 3 aromatic rings. The lowest BCUT2D eigenvalue weighted by Gasteiger charge is -2.12. The molecule has 28 heavy (non-hydrogen) atoms. The monoisotopic (exact) mass is 378 g/mol. The second kappa shape index (κ2) is 8.22. The van der Waals surface area contributed by atoms with Crippen LogP contribution in [0.15, 0.2) is 54.6 Å². The van der Waals surface area contributed by atoms with E-state index in [4.69, 9.17) is 4.74 Å². The minimum absolute atomic E-state index is 0.112. The van der Waals surface area contributed by atoms with E-state index in [-0.39, 0.29) is 31.0 Å². The van der Waals surface area contributed by atoms with Crippen LogP contribution >= 0.6 is 0 Å². The number of nitrogens with zero attached hydrogens (tertiary/aromatic N) is 2. The van der Waals surface area contributed by atoms with Gasteiger partial charge in [-0.05, 0) is 37.1 Å². The largest absolute Gasteiger partial charge is 0.368 e. The van der Waals surface area contributed by atoms with Gasteiger partial charge in [0.25, 0.3) is 0 Å². The number of fused-ring (bicyclic) bond motifs is 1. The van der Waals surface area contributed by atoms with E-state index >= 15 is 0 Å². The van der Waals surface area contributed by atoms with Crippen molar-refractivity contribution < 1.29 is 14.3 Å². The number of hydrogen-bond acceptors (Lipinski definition) is 4. The van der Waals surface area contributed by atoms with Crippen molar-refractivity contribution in [2.45, 2.75) is 32.0 Å². The van der Waals surface area contributed by atoms with Gasteiger partial charge in [-0.15, -0.1) is 0 Å². The second-order valence-corrected chi connectivity index (χ2v) is 6.74. The molecule has 2 amide bonds. The summed E-state index contributed by atoms with van der Waals surface area (Å²) in [6, 6.07) is 16.9. The molecule has 0 radical (unpaired) electrons. The maximum absolute atomic E-state index is 12.6. The number of carbonyl (C=O) groups excluding carboxylic acids is 2. The van der Waals surface area contributed by atoms with Gasteiger partial charge in [0.05, 0.1) is 17.6 Å². The fourth-order valence-electron chi connectivity index (χ4n) is 3.37. The zero-order valence-corrected chi connectivity index (χ0v) is 15.4. The summed E-state index contributed by atoms with van der Waals surface area (Å²) in [5, 5.41) is 5.77. The number of nitrogens with one attached hydrogen (secondary N) is 2. The second-order valence-electron chi connectivity index (χ2n) is 6.74. The number of hydrogen-bond donors (Lipinski definition) is 2. The Labute approximate surface area is 162 Å². The quantitative estimate of drug-likeness (QED) is 0.690. The molecule has 1 aromatic heterocycles. The Kier molecular flexibility index (Phi) is 5.34. The molecule has 2 N–H and O–H groups in total. The molecule has 7 nitrogen and oxygen atoms in total.